The zero-order chi connectivity index (χ0) is 15.4. The van der Waals surface area contributed by atoms with E-state index >= 15 is 0 Å². The normalized spacial score (nSPS) is 26.2. The van der Waals surface area contributed by atoms with E-state index in [1.807, 2.05) is 0 Å². The van der Waals surface area contributed by atoms with Crippen molar-refractivity contribution in [1.29, 1.82) is 0 Å². The van der Waals surface area contributed by atoms with Crippen molar-refractivity contribution in [2.75, 3.05) is 13.1 Å². The van der Waals surface area contributed by atoms with Crippen molar-refractivity contribution in [3.05, 3.63) is 15.9 Å². The van der Waals surface area contributed by atoms with Gasteiger partial charge in [0.05, 0.1) is 15.9 Å². The minimum absolute atomic E-state index is 0.786. The lowest BCUT2D eigenvalue weighted by molar-refractivity contribution is 0.170. The summed E-state index contributed by atoms with van der Waals surface area (Å²) in [5.74, 6) is 2.52. The van der Waals surface area contributed by atoms with Crippen LogP contribution < -0.4 is 5.32 Å². The summed E-state index contributed by atoms with van der Waals surface area (Å²) in [5, 5.41) is 8.12. The highest BCUT2D eigenvalue weighted by atomic mass is 79.9. The van der Waals surface area contributed by atoms with Gasteiger partial charge in [0.15, 0.2) is 0 Å². The van der Waals surface area contributed by atoms with E-state index in [2.05, 4.69) is 58.8 Å². The Hall–Kier alpha value is -0.350. The molecule has 1 aliphatic carbocycles. The zero-order valence-corrected chi connectivity index (χ0v) is 15.5. The molecule has 3 unspecified atom stereocenters. The first kappa shape index (κ1) is 17.0. The van der Waals surface area contributed by atoms with E-state index in [4.69, 9.17) is 0 Å². The lowest BCUT2D eigenvalue weighted by atomic mass is 9.71. The maximum atomic E-state index is 4.56. The van der Waals surface area contributed by atoms with Crippen LogP contribution in [0.4, 0.5) is 0 Å². The molecule has 3 nitrogen and oxygen atoms in total. The van der Waals surface area contributed by atoms with E-state index in [9.17, 15) is 0 Å². The first-order valence-corrected chi connectivity index (χ1v) is 9.24. The number of hydrogen-bond acceptors (Lipinski definition) is 2. The summed E-state index contributed by atoms with van der Waals surface area (Å²) in [6.07, 6.45) is 6.66. The van der Waals surface area contributed by atoms with Crippen LogP contribution >= 0.6 is 15.9 Å². The third kappa shape index (κ3) is 4.10. The number of rotatable bonds is 6. The third-order valence-corrected chi connectivity index (χ3v) is 6.23. The summed E-state index contributed by atoms with van der Waals surface area (Å²) < 4.78 is 3.28. The molecule has 0 aliphatic heterocycles. The van der Waals surface area contributed by atoms with Crippen LogP contribution in [-0.2, 0) is 13.5 Å². The Morgan fingerprint density at radius 2 is 2.05 bits per heavy atom. The molecule has 1 aliphatic rings. The number of aromatic nitrogens is 2. The molecule has 0 bridgehead atoms. The summed E-state index contributed by atoms with van der Waals surface area (Å²) in [5.41, 5.74) is 2.48. The fourth-order valence-corrected chi connectivity index (χ4v) is 4.29. The topological polar surface area (TPSA) is 29.9 Å². The van der Waals surface area contributed by atoms with Gasteiger partial charge in [-0.15, -0.1) is 0 Å². The van der Waals surface area contributed by atoms with Crippen molar-refractivity contribution in [1.82, 2.24) is 15.1 Å². The molecular weight excluding hydrogens is 326 g/mol. The van der Waals surface area contributed by atoms with Gasteiger partial charge in [0.1, 0.15) is 0 Å². The zero-order valence-electron chi connectivity index (χ0n) is 14.0. The van der Waals surface area contributed by atoms with Crippen LogP contribution in [0.25, 0.3) is 0 Å². The predicted octanol–water partition coefficient (Wildman–Crippen LogP) is 4.09. The molecule has 0 amide bonds. The van der Waals surface area contributed by atoms with Crippen molar-refractivity contribution in [3.8, 4) is 0 Å². The number of nitrogens with zero attached hydrogens (tertiary/aromatic N) is 2. The molecule has 0 radical (unpaired) electrons. The van der Waals surface area contributed by atoms with Crippen LogP contribution in [0, 0.1) is 24.7 Å². The van der Waals surface area contributed by atoms with E-state index in [-0.39, 0.29) is 0 Å². The van der Waals surface area contributed by atoms with Crippen LogP contribution in [0.5, 0.6) is 0 Å². The molecule has 21 heavy (non-hydrogen) atoms. The lowest BCUT2D eigenvalue weighted by Crippen LogP contribution is -2.34. The van der Waals surface area contributed by atoms with Gasteiger partial charge in [-0.2, -0.15) is 5.10 Å². The summed E-state index contributed by atoms with van der Waals surface area (Å²) in [6.45, 7) is 8.88. The molecule has 1 aromatic heterocycles. The van der Waals surface area contributed by atoms with Gasteiger partial charge in [-0.25, -0.2) is 0 Å². The molecule has 1 aromatic rings. The molecule has 0 aromatic carbocycles. The summed E-state index contributed by atoms with van der Waals surface area (Å²) in [4.78, 5) is 0. The van der Waals surface area contributed by atoms with E-state index in [0.29, 0.717) is 0 Å². The maximum absolute atomic E-state index is 4.56. The fraction of sp³-hybridized carbons (Fsp3) is 0.824. The van der Waals surface area contributed by atoms with Gasteiger partial charge in [0.25, 0.3) is 0 Å². The second-order valence-electron chi connectivity index (χ2n) is 6.59. The van der Waals surface area contributed by atoms with Crippen molar-refractivity contribution < 1.29 is 0 Å². The summed E-state index contributed by atoms with van der Waals surface area (Å²) >= 11 is 3.73. The maximum Gasteiger partial charge on any atom is 0.0738 e. The molecule has 2 rings (SSSR count). The first-order chi connectivity index (χ1) is 10.1. The molecule has 4 heteroatoms. The van der Waals surface area contributed by atoms with Crippen molar-refractivity contribution in [3.63, 3.8) is 0 Å². The monoisotopic (exact) mass is 355 g/mol. The predicted molar refractivity (Wildman–Crippen MR) is 92.5 cm³/mol. The SMILES string of the molecule is CCNCC1CCC(CC)CC1Cc1c(Br)c(C)nn1C. The molecule has 0 saturated heterocycles. The van der Waals surface area contributed by atoms with Crippen LogP contribution in [0.3, 0.4) is 0 Å². The highest BCUT2D eigenvalue weighted by Crippen LogP contribution is 2.38. The van der Waals surface area contributed by atoms with Gasteiger partial charge >= 0.3 is 0 Å². The Balaban J connectivity index is 2.11. The number of hydrogen-bond donors (Lipinski definition) is 1. The van der Waals surface area contributed by atoms with Crippen LogP contribution in [0.15, 0.2) is 4.47 Å². The van der Waals surface area contributed by atoms with E-state index in [0.717, 1.165) is 36.4 Å². The summed E-state index contributed by atoms with van der Waals surface area (Å²) in [7, 11) is 2.08. The molecule has 0 spiro atoms. The van der Waals surface area contributed by atoms with Crippen LogP contribution in [0.1, 0.15) is 50.9 Å². The fourth-order valence-electron chi connectivity index (χ4n) is 3.79. The van der Waals surface area contributed by atoms with Gasteiger partial charge in [0.2, 0.25) is 0 Å². The third-order valence-electron chi connectivity index (χ3n) is 5.20. The minimum atomic E-state index is 0.786. The Kier molecular flexibility index (Phi) is 6.30. The Morgan fingerprint density at radius 1 is 1.29 bits per heavy atom. The highest BCUT2D eigenvalue weighted by Gasteiger charge is 2.31. The van der Waals surface area contributed by atoms with E-state index in [1.54, 1.807) is 0 Å². The van der Waals surface area contributed by atoms with Crippen LogP contribution in [0.2, 0.25) is 0 Å². The van der Waals surface area contributed by atoms with E-state index < -0.39 is 0 Å². The Labute approximate surface area is 138 Å². The van der Waals surface area contributed by atoms with Gasteiger partial charge in [0, 0.05) is 7.05 Å². The smallest absolute Gasteiger partial charge is 0.0738 e. The quantitative estimate of drug-likeness (QED) is 0.832. The largest absolute Gasteiger partial charge is 0.317 e. The average molecular weight is 356 g/mol. The first-order valence-electron chi connectivity index (χ1n) is 8.45. The standard InChI is InChI=1S/C17H30BrN3/c1-5-13-7-8-14(11-19-6-2)15(9-13)10-16-17(18)12(3)20-21(16)4/h13-15,19H,5-11H2,1-4H3. The number of aryl methyl sites for hydroxylation is 2. The van der Waals surface area contributed by atoms with Gasteiger partial charge in [-0.3, -0.25) is 4.68 Å². The molecule has 1 fully saturated rings. The summed E-state index contributed by atoms with van der Waals surface area (Å²) in [6, 6.07) is 0. The second-order valence-corrected chi connectivity index (χ2v) is 7.38. The molecular formula is C17H30BrN3. The molecule has 3 atom stereocenters. The van der Waals surface area contributed by atoms with Crippen LogP contribution in [-0.4, -0.2) is 22.9 Å². The lowest BCUT2D eigenvalue weighted by Gasteiger charge is -2.36. The number of halogens is 1. The average Bonchev–Trinajstić information content (AvgIpc) is 2.72. The molecule has 1 N–H and O–H groups in total. The molecule has 1 heterocycles. The molecule has 120 valence electrons. The van der Waals surface area contributed by atoms with Gasteiger partial charge in [-0.05, 0) is 73.0 Å². The second kappa shape index (κ2) is 7.77. The van der Waals surface area contributed by atoms with E-state index in [1.165, 1.54) is 42.4 Å². The minimum Gasteiger partial charge on any atom is -0.317 e. The highest BCUT2D eigenvalue weighted by molar-refractivity contribution is 9.10. The van der Waals surface area contributed by atoms with Gasteiger partial charge in [-0.1, -0.05) is 26.7 Å². The van der Waals surface area contributed by atoms with Gasteiger partial charge < -0.3 is 5.32 Å². The molecule has 1 saturated carbocycles. The van der Waals surface area contributed by atoms with Crippen molar-refractivity contribution >= 4 is 15.9 Å². The Morgan fingerprint density at radius 3 is 2.62 bits per heavy atom. The number of nitrogens with one attached hydrogen (secondary N) is 1. The van der Waals surface area contributed by atoms with Crippen molar-refractivity contribution in [2.24, 2.45) is 24.8 Å². The Bertz CT molecular complexity index is 455. The van der Waals surface area contributed by atoms with Crippen molar-refractivity contribution in [2.45, 2.75) is 52.9 Å².